The zero-order valence-corrected chi connectivity index (χ0v) is 8.12. The van der Waals surface area contributed by atoms with Gasteiger partial charge in [0.05, 0.1) is 11.1 Å². The summed E-state index contributed by atoms with van der Waals surface area (Å²) >= 11 is 0. The van der Waals surface area contributed by atoms with Crippen molar-refractivity contribution in [3.8, 4) is 11.8 Å². The van der Waals surface area contributed by atoms with E-state index in [1.165, 1.54) is 0 Å². The fourth-order valence-electron chi connectivity index (χ4n) is 1.39. The van der Waals surface area contributed by atoms with Crippen LogP contribution in [0.4, 0.5) is 0 Å². The van der Waals surface area contributed by atoms with E-state index in [2.05, 4.69) is 29.0 Å². The third kappa shape index (κ3) is 1.60. The lowest BCUT2D eigenvalue weighted by atomic mass is 10.1. The smallest absolute Gasteiger partial charge is 0.0858 e. The van der Waals surface area contributed by atoms with Gasteiger partial charge >= 0.3 is 0 Å². The van der Waals surface area contributed by atoms with Gasteiger partial charge in [0.25, 0.3) is 0 Å². The number of nitrogens with zero attached hydrogens (tertiary/aromatic N) is 1. The van der Waals surface area contributed by atoms with Crippen LogP contribution < -0.4 is 0 Å². The lowest BCUT2D eigenvalue weighted by Gasteiger charge is -1.97. The summed E-state index contributed by atoms with van der Waals surface area (Å²) in [7, 11) is 0. The second-order valence-electron chi connectivity index (χ2n) is 3.04. The SMILES string of the molecule is CCC#Cc1cccc2cccnc12. The maximum atomic E-state index is 4.33. The van der Waals surface area contributed by atoms with Gasteiger partial charge in [0, 0.05) is 18.0 Å². The molecule has 2 aromatic rings. The molecule has 1 nitrogen and oxygen atoms in total. The van der Waals surface area contributed by atoms with Crippen molar-refractivity contribution in [2.45, 2.75) is 13.3 Å². The van der Waals surface area contributed by atoms with Crippen LogP contribution in [0.2, 0.25) is 0 Å². The highest BCUT2D eigenvalue weighted by atomic mass is 14.6. The molecular formula is C13H11N. The lowest BCUT2D eigenvalue weighted by Crippen LogP contribution is -1.82. The molecule has 0 N–H and O–H groups in total. The second kappa shape index (κ2) is 3.93. The quantitative estimate of drug-likeness (QED) is 0.569. The molecule has 0 saturated heterocycles. The molecule has 0 aliphatic heterocycles. The van der Waals surface area contributed by atoms with E-state index in [0.717, 1.165) is 22.9 Å². The average Bonchev–Trinajstić information content (AvgIpc) is 2.26. The Morgan fingerprint density at radius 3 is 2.93 bits per heavy atom. The summed E-state index contributed by atoms with van der Waals surface area (Å²) < 4.78 is 0. The predicted octanol–water partition coefficient (Wildman–Crippen LogP) is 3.00. The van der Waals surface area contributed by atoms with Crippen molar-refractivity contribution in [1.29, 1.82) is 0 Å². The standard InChI is InChI=1S/C13H11N/c1-2-3-6-11-7-4-8-12-9-5-10-14-13(11)12/h4-5,7-10H,2H2,1H3. The van der Waals surface area contributed by atoms with E-state index in [1.54, 1.807) is 6.20 Å². The molecule has 14 heavy (non-hydrogen) atoms. The third-order valence-corrected chi connectivity index (χ3v) is 2.03. The highest BCUT2D eigenvalue weighted by molar-refractivity contribution is 5.84. The van der Waals surface area contributed by atoms with Gasteiger partial charge in [-0.1, -0.05) is 37.0 Å². The van der Waals surface area contributed by atoms with Crippen LogP contribution in [-0.4, -0.2) is 4.98 Å². The van der Waals surface area contributed by atoms with Gasteiger partial charge < -0.3 is 0 Å². The number of pyridine rings is 1. The van der Waals surface area contributed by atoms with Crippen molar-refractivity contribution >= 4 is 10.9 Å². The zero-order valence-electron chi connectivity index (χ0n) is 8.12. The van der Waals surface area contributed by atoms with Gasteiger partial charge in [-0.25, -0.2) is 0 Å². The molecule has 0 aliphatic carbocycles. The topological polar surface area (TPSA) is 12.9 Å². The largest absolute Gasteiger partial charge is 0.255 e. The second-order valence-corrected chi connectivity index (χ2v) is 3.04. The van der Waals surface area contributed by atoms with Crippen LogP contribution in [0.1, 0.15) is 18.9 Å². The number of para-hydroxylation sites is 1. The average molecular weight is 181 g/mol. The van der Waals surface area contributed by atoms with Gasteiger partial charge in [0.1, 0.15) is 0 Å². The molecule has 0 saturated carbocycles. The van der Waals surface area contributed by atoms with Crippen LogP contribution in [0.15, 0.2) is 36.5 Å². The fraction of sp³-hybridized carbons (Fsp3) is 0.154. The first kappa shape index (κ1) is 8.77. The van der Waals surface area contributed by atoms with Gasteiger partial charge in [0.15, 0.2) is 0 Å². The van der Waals surface area contributed by atoms with Gasteiger partial charge in [-0.3, -0.25) is 4.98 Å². The number of aromatic nitrogens is 1. The molecule has 0 aliphatic rings. The maximum absolute atomic E-state index is 4.33. The van der Waals surface area contributed by atoms with E-state index >= 15 is 0 Å². The first-order valence-corrected chi connectivity index (χ1v) is 4.74. The Morgan fingerprint density at radius 2 is 2.07 bits per heavy atom. The minimum atomic E-state index is 0.878. The molecule has 2 rings (SSSR count). The molecule has 0 spiro atoms. The van der Waals surface area contributed by atoms with Crippen molar-refractivity contribution in [2.75, 3.05) is 0 Å². The minimum absolute atomic E-state index is 0.878. The van der Waals surface area contributed by atoms with Crippen molar-refractivity contribution in [2.24, 2.45) is 0 Å². The van der Waals surface area contributed by atoms with Gasteiger partial charge in [-0.15, -0.1) is 0 Å². The van der Waals surface area contributed by atoms with Crippen molar-refractivity contribution in [1.82, 2.24) is 4.98 Å². The molecule has 0 amide bonds. The van der Waals surface area contributed by atoms with Crippen molar-refractivity contribution in [3.05, 3.63) is 42.1 Å². The normalized spacial score (nSPS) is 9.50. The van der Waals surface area contributed by atoms with Crippen LogP contribution in [0.5, 0.6) is 0 Å². The molecule has 1 aromatic heterocycles. The first-order valence-electron chi connectivity index (χ1n) is 4.74. The molecule has 0 bridgehead atoms. The number of benzene rings is 1. The van der Waals surface area contributed by atoms with Crippen molar-refractivity contribution in [3.63, 3.8) is 0 Å². The molecular weight excluding hydrogens is 170 g/mol. The highest BCUT2D eigenvalue weighted by Crippen LogP contribution is 2.14. The molecule has 0 fully saturated rings. The zero-order chi connectivity index (χ0) is 9.80. The Bertz CT molecular complexity index is 498. The number of rotatable bonds is 0. The van der Waals surface area contributed by atoms with E-state index in [-0.39, 0.29) is 0 Å². The molecule has 0 radical (unpaired) electrons. The highest BCUT2D eigenvalue weighted by Gasteiger charge is 1.96. The summed E-state index contributed by atoms with van der Waals surface area (Å²) in [6.45, 7) is 2.05. The van der Waals surface area contributed by atoms with Crippen LogP contribution >= 0.6 is 0 Å². The molecule has 1 heterocycles. The number of hydrogen-bond donors (Lipinski definition) is 0. The Labute approximate surface area is 83.8 Å². The van der Waals surface area contributed by atoms with Crippen LogP contribution in [0.25, 0.3) is 10.9 Å². The summed E-state index contributed by atoms with van der Waals surface area (Å²) in [5.74, 6) is 6.19. The Morgan fingerprint density at radius 1 is 1.21 bits per heavy atom. The predicted molar refractivity (Wildman–Crippen MR) is 58.9 cm³/mol. The first-order chi connectivity index (χ1) is 6.92. The molecule has 68 valence electrons. The summed E-state index contributed by atoms with van der Waals surface area (Å²) in [6, 6.07) is 10.1. The minimum Gasteiger partial charge on any atom is -0.255 e. The summed E-state index contributed by atoms with van der Waals surface area (Å²) in [6.07, 6.45) is 2.68. The van der Waals surface area contributed by atoms with Crippen LogP contribution in [0.3, 0.4) is 0 Å². The van der Waals surface area contributed by atoms with E-state index in [4.69, 9.17) is 0 Å². The monoisotopic (exact) mass is 181 g/mol. The third-order valence-electron chi connectivity index (χ3n) is 2.03. The molecule has 0 atom stereocenters. The molecule has 1 aromatic carbocycles. The van der Waals surface area contributed by atoms with Gasteiger partial charge in [-0.2, -0.15) is 0 Å². The van der Waals surface area contributed by atoms with Crippen molar-refractivity contribution < 1.29 is 0 Å². The number of hydrogen-bond acceptors (Lipinski definition) is 1. The van der Waals surface area contributed by atoms with E-state index in [0.29, 0.717) is 0 Å². The lowest BCUT2D eigenvalue weighted by molar-refractivity contribution is 1.28. The summed E-state index contributed by atoms with van der Waals surface area (Å²) in [5, 5.41) is 1.15. The Balaban J connectivity index is 2.65. The van der Waals surface area contributed by atoms with Gasteiger partial charge in [-0.05, 0) is 12.1 Å². The van der Waals surface area contributed by atoms with E-state index < -0.39 is 0 Å². The summed E-state index contributed by atoms with van der Waals surface area (Å²) in [5.41, 5.74) is 2.01. The maximum Gasteiger partial charge on any atom is 0.0858 e. The molecule has 1 heteroatoms. The summed E-state index contributed by atoms with van der Waals surface area (Å²) in [4.78, 5) is 4.33. The van der Waals surface area contributed by atoms with Crippen LogP contribution in [0, 0.1) is 11.8 Å². The molecule has 0 unspecified atom stereocenters. The van der Waals surface area contributed by atoms with Gasteiger partial charge in [0.2, 0.25) is 0 Å². The Kier molecular flexibility index (Phi) is 2.46. The Hall–Kier alpha value is -1.81. The fourth-order valence-corrected chi connectivity index (χ4v) is 1.39. The van der Waals surface area contributed by atoms with Crippen LogP contribution in [-0.2, 0) is 0 Å². The number of fused-ring (bicyclic) bond motifs is 1. The van der Waals surface area contributed by atoms with E-state index in [1.807, 2.05) is 25.1 Å². The van der Waals surface area contributed by atoms with E-state index in [9.17, 15) is 0 Å².